The molecule has 0 bridgehead atoms. The molecule has 6 N–H and O–H groups in total. The summed E-state index contributed by atoms with van der Waals surface area (Å²) in [6, 6.07) is 6.32. The Morgan fingerprint density at radius 2 is 1.64 bits per heavy atom. The van der Waals surface area contributed by atoms with E-state index in [-0.39, 0.29) is 48.1 Å². The van der Waals surface area contributed by atoms with E-state index in [1.165, 1.54) is 0 Å². The summed E-state index contributed by atoms with van der Waals surface area (Å²) in [5, 5.41) is 20.8. The minimum Gasteiger partial charge on any atom is -0.376 e. The number of primary amides is 1. The number of urea groups is 1. The summed E-state index contributed by atoms with van der Waals surface area (Å²) in [5.41, 5.74) is 5.46. The lowest BCUT2D eigenvalue weighted by Crippen LogP contribution is -2.62. The van der Waals surface area contributed by atoms with Crippen LogP contribution in [0, 0.1) is 17.8 Å². The molecule has 4 fully saturated rings. The number of nitrogens with two attached hydrogens (primary N) is 1. The second-order valence-electron chi connectivity index (χ2n) is 17.2. The fraction of sp³-hybridized carbons (Fsp3) is 0.756. The number of nitrogens with zero attached hydrogens (tertiary/aromatic N) is 1. The molecule has 1 aliphatic heterocycles. The number of ether oxygens (including phenoxy) is 1. The van der Waals surface area contributed by atoms with Gasteiger partial charge in [0.15, 0.2) is 9.84 Å². The summed E-state index contributed by atoms with van der Waals surface area (Å²) in [7, 11) is -3.45. The van der Waals surface area contributed by atoms with Crippen LogP contribution in [-0.4, -0.2) is 96.1 Å². The zero-order valence-electron chi connectivity index (χ0n) is 32.9. The van der Waals surface area contributed by atoms with Crippen LogP contribution in [0.1, 0.15) is 122 Å². The highest BCUT2D eigenvalue weighted by Gasteiger charge is 2.46. The van der Waals surface area contributed by atoms with Crippen LogP contribution in [0.3, 0.4) is 0 Å². The average Bonchev–Trinajstić information content (AvgIpc) is 3.58. The summed E-state index contributed by atoms with van der Waals surface area (Å²) >= 11 is 0. The highest BCUT2D eigenvalue weighted by Crippen LogP contribution is 2.34. The van der Waals surface area contributed by atoms with Crippen molar-refractivity contribution in [1.82, 2.24) is 20.9 Å². The monoisotopic (exact) mass is 787 g/mol. The Kier molecular flexibility index (Phi) is 15.6. The van der Waals surface area contributed by atoms with Crippen LogP contribution >= 0.6 is 0 Å². The molecule has 1 heterocycles. The fourth-order valence-electron chi connectivity index (χ4n) is 8.98. The van der Waals surface area contributed by atoms with Crippen molar-refractivity contribution >= 4 is 33.5 Å². The molecule has 0 aromatic heterocycles. The Morgan fingerprint density at radius 1 is 0.964 bits per heavy atom. The van der Waals surface area contributed by atoms with Gasteiger partial charge in [-0.1, -0.05) is 102 Å². The summed E-state index contributed by atoms with van der Waals surface area (Å²) in [5.74, 6) is -2.03. The molecule has 0 radical (unpaired) electrons. The lowest BCUT2D eigenvalue weighted by Gasteiger charge is -2.40. The number of nitrogens with one attached hydrogen (secondary N) is 3. The molecule has 14 heteroatoms. The third kappa shape index (κ3) is 12.5. The molecule has 3 unspecified atom stereocenters. The van der Waals surface area contributed by atoms with Crippen LogP contribution in [0.2, 0.25) is 0 Å². The molecule has 308 valence electrons. The number of hydrogen-bond donors (Lipinski definition) is 5. The zero-order valence-corrected chi connectivity index (χ0v) is 33.7. The van der Waals surface area contributed by atoms with E-state index in [0.717, 1.165) is 76.2 Å². The standard InChI is InChI=1S/C41H65N5O8S/c1-28(2)19-22-55(52,53)27-41(20-10-5-11-21-41)45-40(51)44-35(31-17-8-4-9-18-31)39(50)46-25-32(54-26-30-13-6-3-7-14-30)24-34(46)38(49)43-33(36(47)37(42)48)23-29-15-12-16-29/h3,6-7,13-14,28-29,31-35,38,43,49H,4-5,8-12,15-27H2,1-2H3,(H2,42,48)(H2,44,45,51)/t32?,33?,34-,35-,38?/m0/s1. The molecule has 5 rings (SSSR count). The molecular formula is C41H65N5O8S. The zero-order chi connectivity index (χ0) is 39.6. The first-order valence-electron chi connectivity index (χ1n) is 20.8. The van der Waals surface area contributed by atoms with Gasteiger partial charge in [-0.25, -0.2) is 13.2 Å². The predicted molar refractivity (Wildman–Crippen MR) is 210 cm³/mol. The summed E-state index contributed by atoms with van der Waals surface area (Å²) in [4.78, 5) is 55.5. The van der Waals surface area contributed by atoms with E-state index in [1.54, 1.807) is 4.90 Å². The van der Waals surface area contributed by atoms with Crippen molar-refractivity contribution in [3.8, 4) is 0 Å². The first kappa shape index (κ1) is 43.1. The van der Waals surface area contributed by atoms with Gasteiger partial charge in [0, 0.05) is 6.54 Å². The first-order valence-corrected chi connectivity index (χ1v) is 22.6. The maximum absolute atomic E-state index is 14.9. The highest BCUT2D eigenvalue weighted by molar-refractivity contribution is 7.91. The van der Waals surface area contributed by atoms with Crippen molar-refractivity contribution in [2.24, 2.45) is 23.5 Å². The van der Waals surface area contributed by atoms with E-state index in [0.29, 0.717) is 32.3 Å². The van der Waals surface area contributed by atoms with Gasteiger partial charge < -0.3 is 31.1 Å². The molecule has 55 heavy (non-hydrogen) atoms. The Hall–Kier alpha value is -3.07. The lowest BCUT2D eigenvalue weighted by molar-refractivity contribution is -0.140. The molecule has 0 spiro atoms. The third-order valence-electron chi connectivity index (χ3n) is 12.4. The number of aliphatic hydroxyl groups excluding tert-OH is 1. The predicted octanol–water partition coefficient (Wildman–Crippen LogP) is 4.11. The van der Waals surface area contributed by atoms with Crippen molar-refractivity contribution in [2.45, 2.75) is 159 Å². The average molecular weight is 788 g/mol. The number of sulfone groups is 1. The summed E-state index contributed by atoms with van der Waals surface area (Å²) < 4.78 is 33.0. The normalized spacial score (nSPS) is 23.7. The smallest absolute Gasteiger partial charge is 0.315 e. The number of likely N-dealkylation sites (tertiary alicyclic amines) is 1. The van der Waals surface area contributed by atoms with Gasteiger partial charge in [0.05, 0.1) is 41.8 Å². The number of rotatable bonds is 19. The van der Waals surface area contributed by atoms with Crippen LogP contribution in [-0.2, 0) is 35.6 Å². The number of amides is 4. The number of Topliss-reactive ketones (excluding diaryl/α,β-unsaturated/α-hetero) is 1. The van der Waals surface area contributed by atoms with E-state index >= 15 is 0 Å². The quantitative estimate of drug-likeness (QED) is 0.101. The molecule has 4 amide bonds. The Labute approximate surface area is 327 Å². The van der Waals surface area contributed by atoms with E-state index in [1.807, 2.05) is 44.2 Å². The molecule has 4 aliphatic rings. The Bertz CT molecular complexity index is 1540. The summed E-state index contributed by atoms with van der Waals surface area (Å²) in [6.07, 6.45) is 10.2. The van der Waals surface area contributed by atoms with E-state index in [9.17, 15) is 32.7 Å². The summed E-state index contributed by atoms with van der Waals surface area (Å²) in [6.45, 7) is 4.43. The van der Waals surface area contributed by atoms with Gasteiger partial charge in [0.25, 0.3) is 5.91 Å². The van der Waals surface area contributed by atoms with Gasteiger partial charge in [-0.05, 0) is 68.3 Å². The van der Waals surface area contributed by atoms with Crippen molar-refractivity contribution in [3.63, 3.8) is 0 Å². The number of carbonyl (C=O) groups excluding carboxylic acids is 4. The molecule has 1 aromatic rings. The molecule has 1 aromatic carbocycles. The SMILES string of the molecule is CC(C)CCS(=O)(=O)CC1(NC(=O)N[C@H](C(=O)N2CC(OCc3ccccc3)C[C@H]2C(O)NC(CC2CCC2)C(=O)C(N)=O)C2CCCCC2)CCCCC1. The largest absolute Gasteiger partial charge is 0.376 e. The number of carbonyl (C=O) groups is 4. The molecule has 1 saturated heterocycles. The highest BCUT2D eigenvalue weighted by atomic mass is 32.2. The molecule has 13 nitrogen and oxygen atoms in total. The van der Waals surface area contributed by atoms with Crippen molar-refractivity contribution < 1.29 is 37.4 Å². The van der Waals surface area contributed by atoms with Gasteiger partial charge >= 0.3 is 6.03 Å². The van der Waals surface area contributed by atoms with Gasteiger partial charge in [-0.2, -0.15) is 0 Å². The van der Waals surface area contributed by atoms with Gasteiger partial charge in [0.1, 0.15) is 12.3 Å². The number of hydrogen-bond acceptors (Lipinski definition) is 9. The van der Waals surface area contributed by atoms with Crippen LogP contribution in [0.5, 0.6) is 0 Å². The molecule has 5 atom stereocenters. The van der Waals surface area contributed by atoms with Crippen LogP contribution in [0.25, 0.3) is 0 Å². The van der Waals surface area contributed by atoms with Crippen LogP contribution in [0.4, 0.5) is 4.79 Å². The van der Waals surface area contributed by atoms with Crippen molar-refractivity contribution in [3.05, 3.63) is 35.9 Å². The Morgan fingerprint density at radius 3 is 2.25 bits per heavy atom. The second-order valence-corrected chi connectivity index (χ2v) is 19.4. The maximum Gasteiger partial charge on any atom is 0.315 e. The van der Waals surface area contributed by atoms with E-state index in [4.69, 9.17) is 10.5 Å². The topological polar surface area (TPSA) is 197 Å². The minimum absolute atomic E-state index is 0.0612. The second kappa shape index (κ2) is 19.9. The fourth-order valence-corrected chi connectivity index (χ4v) is 11.2. The van der Waals surface area contributed by atoms with Crippen molar-refractivity contribution in [1.29, 1.82) is 0 Å². The van der Waals surface area contributed by atoms with Crippen molar-refractivity contribution in [2.75, 3.05) is 18.1 Å². The third-order valence-corrected chi connectivity index (χ3v) is 14.2. The lowest BCUT2D eigenvalue weighted by atomic mass is 9.80. The number of benzene rings is 1. The number of ketones is 1. The van der Waals surface area contributed by atoms with E-state index in [2.05, 4.69) is 16.0 Å². The maximum atomic E-state index is 14.9. The molecule has 3 aliphatic carbocycles. The van der Waals surface area contributed by atoms with Gasteiger partial charge in [-0.3, -0.25) is 19.7 Å². The molecular weight excluding hydrogens is 723 g/mol. The van der Waals surface area contributed by atoms with Gasteiger partial charge in [-0.15, -0.1) is 0 Å². The first-order chi connectivity index (χ1) is 26.2. The van der Waals surface area contributed by atoms with E-state index < -0.39 is 63.6 Å². The minimum atomic E-state index is -3.45. The molecule has 3 saturated carbocycles. The number of aliphatic hydroxyl groups is 1. The Balaban J connectivity index is 1.37. The van der Waals surface area contributed by atoms with Crippen LogP contribution in [0.15, 0.2) is 30.3 Å². The van der Waals surface area contributed by atoms with Crippen LogP contribution < -0.4 is 21.7 Å². The van der Waals surface area contributed by atoms with Gasteiger partial charge in [0.2, 0.25) is 11.7 Å².